The molecule has 0 aromatic rings. The van der Waals surface area contributed by atoms with E-state index >= 15 is 0 Å². The Morgan fingerprint density at radius 1 is 1.53 bits per heavy atom. The Morgan fingerprint density at radius 2 is 2.33 bits per heavy atom. The topological polar surface area (TPSA) is 64.8 Å². The van der Waals surface area contributed by atoms with Gasteiger partial charge in [0.1, 0.15) is 6.04 Å². The van der Waals surface area contributed by atoms with Crippen molar-refractivity contribution < 1.29 is 14.3 Å². The maximum Gasteiger partial charge on any atom is 0.323 e. The van der Waals surface area contributed by atoms with Gasteiger partial charge < -0.3 is 15.2 Å². The van der Waals surface area contributed by atoms with Gasteiger partial charge >= 0.3 is 5.97 Å². The number of carbonyl (C=O) groups is 1. The Hall–Kier alpha value is -0.650. The van der Waals surface area contributed by atoms with Crippen LogP contribution in [0.15, 0.2) is 0 Å². The van der Waals surface area contributed by atoms with Crippen LogP contribution in [0.4, 0.5) is 0 Å². The summed E-state index contributed by atoms with van der Waals surface area (Å²) in [5.74, 6) is -0.0969. The van der Waals surface area contributed by atoms with E-state index in [1.165, 1.54) is 0 Å². The summed E-state index contributed by atoms with van der Waals surface area (Å²) in [5.41, 5.74) is 5.79. The lowest BCUT2D eigenvalue weighted by Gasteiger charge is -2.36. The summed E-state index contributed by atoms with van der Waals surface area (Å²) in [4.78, 5) is 13.5. The standard InChI is InChI=1S/C10H18N2O3/c1-7(11)9-6-12(3-5-14-9)8-2-4-15-10(8)13/h7-9H,2-6,11H2,1H3. The third-order valence-electron chi connectivity index (χ3n) is 3.06. The molecule has 2 aliphatic rings. The van der Waals surface area contributed by atoms with Crippen LogP contribution in [0.1, 0.15) is 13.3 Å². The van der Waals surface area contributed by atoms with E-state index in [2.05, 4.69) is 4.90 Å². The normalized spacial score (nSPS) is 35.2. The maximum atomic E-state index is 11.4. The minimum absolute atomic E-state index is 0.00484. The Bertz CT molecular complexity index is 245. The Morgan fingerprint density at radius 3 is 2.93 bits per heavy atom. The monoisotopic (exact) mass is 214 g/mol. The van der Waals surface area contributed by atoms with Gasteiger partial charge in [0.25, 0.3) is 0 Å². The highest BCUT2D eigenvalue weighted by molar-refractivity contribution is 5.77. The molecule has 0 aliphatic carbocycles. The first-order valence-electron chi connectivity index (χ1n) is 5.46. The lowest BCUT2D eigenvalue weighted by atomic mass is 10.1. The molecule has 2 saturated heterocycles. The Kier molecular flexibility index (Phi) is 3.23. The summed E-state index contributed by atoms with van der Waals surface area (Å²) >= 11 is 0. The Labute approximate surface area is 89.5 Å². The van der Waals surface area contributed by atoms with E-state index in [-0.39, 0.29) is 24.2 Å². The van der Waals surface area contributed by atoms with Gasteiger partial charge in [-0.2, -0.15) is 0 Å². The molecule has 0 amide bonds. The summed E-state index contributed by atoms with van der Waals surface area (Å²) in [6, 6.07) is -0.0691. The zero-order chi connectivity index (χ0) is 10.8. The number of nitrogens with zero attached hydrogens (tertiary/aromatic N) is 1. The molecule has 86 valence electrons. The molecule has 0 spiro atoms. The smallest absolute Gasteiger partial charge is 0.323 e. The fourth-order valence-corrected chi connectivity index (χ4v) is 2.11. The molecule has 0 saturated carbocycles. The van der Waals surface area contributed by atoms with Crippen LogP contribution in [-0.2, 0) is 14.3 Å². The van der Waals surface area contributed by atoms with E-state index < -0.39 is 0 Å². The van der Waals surface area contributed by atoms with Crippen LogP contribution >= 0.6 is 0 Å². The van der Waals surface area contributed by atoms with E-state index in [9.17, 15) is 4.79 Å². The molecule has 5 heteroatoms. The molecule has 3 unspecified atom stereocenters. The first-order chi connectivity index (χ1) is 7.18. The lowest BCUT2D eigenvalue weighted by molar-refractivity contribution is -0.144. The van der Waals surface area contributed by atoms with Crippen molar-refractivity contribution in [3.05, 3.63) is 0 Å². The van der Waals surface area contributed by atoms with Crippen molar-refractivity contribution >= 4 is 5.97 Å². The van der Waals surface area contributed by atoms with Crippen LogP contribution in [0.5, 0.6) is 0 Å². The van der Waals surface area contributed by atoms with Gasteiger partial charge in [-0.25, -0.2) is 0 Å². The molecule has 0 aromatic heterocycles. The second-order valence-electron chi connectivity index (χ2n) is 4.24. The molecular formula is C10H18N2O3. The number of cyclic esters (lactones) is 1. The van der Waals surface area contributed by atoms with Crippen LogP contribution in [0, 0.1) is 0 Å². The molecule has 2 rings (SSSR count). The number of nitrogens with two attached hydrogens (primary N) is 1. The van der Waals surface area contributed by atoms with Gasteiger partial charge in [0.05, 0.1) is 19.3 Å². The third-order valence-corrected chi connectivity index (χ3v) is 3.06. The average Bonchev–Trinajstić information content (AvgIpc) is 2.64. The van der Waals surface area contributed by atoms with Crippen molar-refractivity contribution in [3.63, 3.8) is 0 Å². The van der Waals surface area contributed by atoms with Crippen molar-refractivity contribution in [2.45, 2.75) is 31.5 Å². The van der Waals surface area contributed by atoms with Gasteiger partial charge in [0.15, 0.2) is 0 Å². The second kappa shape index (κ2) is 4.47. The number of hydrogen-bond acceptors (Lipinski definition) is 5. The molecule has 0 bridgehead atoms. The van der Waals surface area contributed by atoms with Gasteiger partial charge in [0, 0.05) is 25.6 Å². The maximum absolute atomic E-state index is 11.4. The zero-order valence-electron chi connectivity index (χ0n) is 9.02. The number of esters is 1. The SMILES string of the molecule is CC(N)C1CN(C2CCOC2=O)CCO1. The van der Waals surface area contributed by atoms with Crippen LogP contribution < -0.4 is 5.73 Å². The van der Waals surface area contributed by atoms with E-state index in [0.717, 1.165) is 19.5 Å². The molecule has 2 fully saturated rings. The fourth-order valence-electron chi connectivity index (χ4n) is 2.11. The molecule has 0 aromatic carbocycles. The molecule has 15 heavy (non-hydrogen) atoms. The molecular weight excluding hydrogens is 196 g/mol. The number of hydrogen-bond donors (Lipinski definition) is 1. The van der Waals surface area contributed by atoms with E-state index in [0.29, 0.717) is 13.2 Å². The minimum Gasteiger partial charge on any atom is -0.464 e. The molecule has 5 nitrogen and oxygen atoms in total. The first-order valence-corrected chi connectivity index (χ1v) is 5.46. The quantitative estimate of drug-likeness (QED) is 0.619. The molecule has 2 aliphatic heterocycles. The summed E-state index contributed by atoms with van der Waals surface area (Å²) in [6.45, 7) is 4.65. The zero-order valence-corrected chi connectivity index (χ0v) is 9.02. The van der Waals surface area contributed by atoms with Crippen LogP contribution in [0.3, 0.4) is 0 Å². The van der Waals surface area contributed by atoms with Crippen molar-refractivity contribution in [2.75, 3.05) is 26.3 Å². The highest BCUT2D eigenvalue weighted by Gasteiger charge is 2.36. The van der Waals surface area contributed by atoms with Gasteiger partial charge in [-0.15, -0.1) is 0 Å². The van der Waals surface area contributed by atoms with Crippen molar-refractivity contribution in [1.29, 1.82) is 0 Å². The van der Waals surface area contributed by atoms with Crippen LogP contribution in [-0.4, -0.2) is 55.4 Å². The molecule has 0 radical (unpaired) electrons. The highest BCUT2D eigenvalue weighted by atomic mass is 16.5. The number of rotatable bonds is 2. The minimum atomic E-state index is -0.0969. The van der Waals surface area contributed by atoms with Crippen LogP contribution in [0.2, 0.25) is 0 Å². The van der Waals surface area contributed by atoms with Gasteiger partial charge in [0.2, 0.25) is 0 Å². The third kappa shape index (κ3) is 2.30. The Balaban J connectivity index is 1.94. The van der Waals surface area contributed by atoms with Crippen molar-refractivity contribution in [3.8, 4) is 0 Å². The summed E-state index contributed by atoms with van der Waals surface area (Å²) < 4.78 is 10.5. The van der Waals surface area contributed by atoms with E-state index in [1.807, 2.05) is 6.92 Å². The lowest BCUT2D eigenvalue weighted by Crippen LogP contribution is -2.53. The molecule has 2 N–H and O–H groups in total. The van der Waals surface area contributed by atoms with Gasteiger partial charge in [-0.05, 0) is 6.92 Å². The number of ether oxygens (including phenoxy) is 2. The fraction of sp³-hybridized carbons (Fsp3) is 0.900. The predicted octanol–water partition coefficient (Wildman–Crippen LogP) is -0.650. The highest BCUT2D eigenvalue weighted by Crippen LogP contribution is 2.18. The summed E-state index contributed by atoms with van der Waals surface area (Å²) in [6.07, 6.45) is 0.831. The summed E-state index contributed by atoms with van der Waals surface area (Å²) in [7, 11) is 0. The van der Waals surface area contributed by atoms with Crippen molar-refractivity contribution in [1.82, 2.24) is 4.90 Å². The van der Waals surface area contributed by atoms with Crippen LogP contribution in [0.25, 0.3) is 0 Å². The molecule has 2 heterocycles. The number of morpholine rings is 1. The second-order valence-corrected chi connectivity index (χ2v) is 4.24. The van der Waals surface area contributed by atoms with E-state index in [1.54, 1.807) is 0 Å². The average molecular weight is 214 g/mol. The predicted molar refractivity (Wildman–Crippen MR) is 54.3 cm³/mol. The van der Waals surface area contributed by atoms with E-state index in [4.69, 9.17) is 15.2 Å². The summed E-state index contributed by atoms with van der Waals surface area (Å²) in [5, 5.41) is 0. The van der Waals surface area contributed by atoms with Gasteiger partial charge in [-0.3, -0.25) is 9.69 Å². The number of carbonyl (C=O) groups excluding carboxylic acids is 1. The first kappa shape index (κ1) is 10.9. The molecule has 3 atom stereocenters. The van der Waals surface area contributed by atoms with Crippen molar-refractivity contribution in [2.24, 2.45) is 5.73 Å². The largest absolute Gasteiger partial charge is 0.464 e. The van der Waals surface area contributed by atoms with Gasteiger partial charge in [-0.1, -0.05) is 0 Å².